The van der Waals surface area contributed by atoms with Gasteiger partial charge >= 0.3 is 5.97 Å². The fraction of sp³-hybridized carbons (Fsp3) is 0.650. The van der Waals surface area contributed by atoms with Crippen LogP contribution in [0.3, 0.4) is 0 Å². The van der Waals surface area contributed by atoms with E-state index in [2.05, 4.69) is 43.4 Å². The van der Waals surface area contributed by atoms with Crippen molar-refractivity contribution in [2.45, 2.75) is 84.0 Å². The summed E-state index contributed by atoms with van der Waals surface area (Å²) in [6.07, 6.45) is 26.4. The first-order chi connectivity index (χ1) is 10.8. The largest absolute Gasteiger partial charge is 0.481 e. The fourth-order valence-corrected chi connectivity index (χ4v) is 2.22. The molecule has 2 heteroatoms. The molecule has 0 saturated heterocycles. The van der Waals surface area contributed by atoms with Gasteiger partial charge in [0.15, 0.2) is 0 Å². The molecule has 126 valence electrons. The Morgan fingerprint density at radius 3 is 1.82 bits per heavy atom. The highest BCUT2D eigenvalue weighted by atomic mass is 16.4. The summed E-state index contributed by atoms with van der Waals surface area (Å²) in [5, 5.41) is 8.51. The van der Waals surface area contributed by atoms with Crippen LogP contribution in [0, 0.1) is 0 Å². The maximum Gasteiger partial charge on any atom is 0.303 e. The number of carboxylic acids is 1. The van der Waals surface area contributed by atoms with Crippen molar-refractivity contribution in [2.75, 3.05) is 0 Å². The molecule has 1 N–H and O–H groups in total. The first-order valence-electron chi connectivity index (χ1n) is 8.94. The molecule has 0 aromatic heterocycles. The molecule has 0 aromatic rings. The third-order valence-electron chi connectivity index (χ3n) is 3.51. The van der Waals surface area contributed by atoms with Gasteiger partial charge in [-0.05, 0) is 51.4 Å². The van der Waals surface area contributed by atoms with Gasteiger partial charge in [-0.25, -0.2) is 0 Å². The zero-order valence-electron chi connectivity index (χ0n) is 14.3. The molecule has 0 heterocycles. The molecule has 0 unspecified atom stereocenters. The number of carboxylic acid groups (broad SMARTS) is 1. The van der Waals surface area contributed by atoms with Gasteiger partial charge in [-0.2, -0.15) is 0 Å². The quantitative estimate of drug-likeness (QED) is 0.279. The highest BCUT2D eigenvalue weighted by molar-refractivity contribution is 5.66. The maximum atomic E-state index is 10.3. The average molecular weight is 306 g/mol. The third kappa shape index (κ3) is 18.7. The molecule has 0 aliphatic heterocycles. The number of hydrogen-bond acceptors (Lipinski definition) is 1. The molecule has 0 amide bonds. The van der Waals surface area contributed by atoms with E-state index in [1.165, 1.54) is 38.5 Å². The highest BCUT2D eigenvalue weighted by Gasteiger charge is 1.93. The minimum absolute atomic E-state index is 0.285. The number of allylic oxidation sites excluding steroid dienone is 6. The van der Waals surface area contributed by atoms with Crippen LogP contribution in [0.1, 0.15) is 84.0 Å². The summed E-state index contributed by atoms with van der Waals surface area (Å²) in [6, 6.07) is 0. The second-order valence-electron chi connectivity index (χ2n) is 5.69. The Kier molecular flexibility index (Phi) is 16.7. The molecule has 2 nitrogen and oxygen atoms in total. The number of rotatable bonds is 15. The van der Waals surface area contributed by atoms with Gasteiger partial charge in [-0.1, -0.05) is 62.6 Å². The van der Waals surface area contributed by atoms with Gasteiger partial charge in [0.25, 0.3) is 0 Å². The summed E-state index contributed by atoms with van der Waals surface area (Å²) in [4.78, 5) is 10.3. The smallest absolute Gasteiger partial charge is 0.303 e. The zero-order chi connectivity index (χ0) is 16.3. The minimum Gasteiger partial charge on any atom is -0.481 e. The van der Waals surface area contributed by atoms with Crippen molar-refractivity contribution in [3.8, 4) is 0 Å². The van der Waals surface area contributed by atoms with E-state index in [9.17, 15) is 4.79 Å². The first-order valence-corrected chi connectivity index (χ1v) is 8.94. The Hall–Kier alpha value is -1.31. The molecule has 0 saturated carbocycles. The Morgan fingerprint density at radius 1 is 0.727 bits per heavy atom. The van der Waals surface area contributed by atoms with Crippen LogP contribution in [0.15, 0.2) is 36.5 Å². The molecule has 0 aliphatic rings. The number of unbranched alkanes of at least 4 members (excludes halogenated alkanes) is 7. The normalized spacial score (nSPS) is 12.0. The number of aliphatic carboxylic acids is 1. The van der Waals surface area contributed by atoms with Gasteiger partial charge in [0.1, 0.15) is 0 Å². The Morgan fingerprint density at radius 2 is 1.23 bits per heavy atom. The lowest BCUT2D eigenvalue weighted by atomic mass is 10.1. The lowest BCUT2D eigenvalue weighted by Crippen LogP contribution is -1.92. The molecule has 0 spiro atoms. The fourth-order valence-electron chi connectivity index (χ4n) is 2.22. The van der Waals surface area contributed by atoms with Crippen LogP contribution >= 0.6 is 0 Å². The van der Waals surface area contributed by atoms with E-state index in [1.54, 1.807) is 0 Å². The third-order valence-corrected chi connectivity index (χ3v) is 3.51. The predicted octanol–water partition coefficient (Wildman–Crippen LogP) is 6.44. The topological polar surface area (TPSA) is 37.3 Å². The molecular formula is C20H34O2. The summed E-state index contributed by atoms with van der Waals surface area (Å²) in [5.41, 5.74) is 0. The highest BCUT2D eigenvalue weighted by Crippen LogP contribution is 2.08. The van der Waals surface area contributed by atoms with Crippen LogP contribution < -0.4 is 0 Å². The minimum atomic E-state index is -0.694. The maximum absolute atomic E-state index is 10.3. The Balaban J connectivity index is 3.18. The monoisotopic (exact) mass is 306 g/mol. The molecule has 22 heavy (non-hydrogen) atoms. The van der Waals surface area contributed by atoms with Crippen molar-refractivity contribution in [1.29, 1.82) is 0 Å². The summed E-state index contributed by atoms with van der Waals surface area (Å²) in [5.74, 6) is -0.694. The summed E-state index contributed by atoms with van der Waals surface area (Å²) in [6.45, 7) is 2.16. The summed E-state index contributed by atoms with van der Waals surface area (Å²) < 4.78 is 0. The zero-order valence-corrected chi connectivity index (χ0v) is 14.3. The lowest BCUT2D eigenvalue weighted by Gasteiger charge is -1.98. The van der Waals surface area contributed by atoms with Crippen molar-refractivity contribution < 1.29 is 9.90 Å². The van der Waals surface area contributed by atoms with E-state index in [0.29, 0.717) is 0 Å². The van der Waals surface area contributed by atoms with Crippen LogP contribution in [-0.2, 0) is 4.79 Å². The van der Waals surface area contributed by atoms with E-state index < -0.39 is 5.97 Å². The van der Waals surface area contributed by atoms with Gasteiger partial charge in [0.05, 0.1) is 0 Å². The van der Waals surface area contributed by atoms with E-state index in [4.69, 9.17) is 5.11 Å². The van der Waals surface area contributed by atoms with E-state index in [0.717, 1.165) is 32.1 Å². The second kappa shape index (κ2) is 17.7. The standard InChI is InChI=1S/C20H34O2/c1-2-3-4-5-6-7-8-9-10-11-12-13-14-15-16-17-18-19-20(21)22/h3-4,6-7,15-16H,2,5,8-14,17-19H2,1H3,(H,21,22). The van der Waals surface area contributed by atoms with Crippen molar-refractivity contribution in [2.24, 2.45) is 0 Å². The van der Waals surface area contributed by atoms with Gasteiger partial charge in [-0.3, -0.25) is 4.79 Å². The van der Waals surface area contributed by atoms with Crippen LogP contribution in [-0.4, -0.2) is 11.1 Å². The SMILES string of the molecule is CCC=CCC=CCCCCCCCC=CCCCC(=O)O. The van der Waals surface area contributed by atoms with Crippen molar-refractivity contribution in [1.82, 2.24) is 0 Å². The number of carbonyl (C=O) groups is 1. The van der Waals surface area contributed by atoms with Crippen LogP contribution in [0.4, 0.5) is 0 Å². The van der Waals surface area contributed by atoms with Crippen LogP contribution in [0.5, 0.6) is 0 Å². The van der Waals surface area contributed by atoms with Crippen LogP contribution in [0.2, 0.25) is 0 Å². The van der Waals surface area contributed by atoms with Gasteiger partial charge in [0, 0.05) is 6.42 Å². The van der Waals surface area contributed by atoms with Crippen molar-refractivity contribution in [3.05, 3.63) is 36.5 Å². The van der Waals surface area contributed by atoms with Gasteiger partial charge in [0.2, 0.25) is 0 Å². The lowest BCUT2D eigenvalue weighted by molar-refractivity contribution is -0.137. The molecule has 0 aliphatic carbocycles. The molecule has 0 radical (unpaired) electrons. The molecule has 0 aromatic carbocycles. The number of hydrogen-bond donors (Lipinski definition) is 1. The predicted molar refractivity (Wildman–Crippen MR) is 96.1 cm³/mol. The Labute approximate surface area is 137 Å². The molecule has 0 atom stereocenters. The van der Waals surface area contributed by atoms with E-state index >= 15 is 0 Å². The average Bonchev–Trinajstić information content (AvgIpc) is 2.50. The molecule has 0 rings (SSSR count). The molecule has 0 bridgehead atoms. The van der Waals surface area contributed by atoms with E-state index in [-0.39, 0.29) is 6.42 Å². The van der Waals surface area contributed by atoms with Crippen LogP contribution in [0.25, 0.3) is 0 Å². The van der Waals surface area contributed by atoms with Gasteiger partial charge < -0.3 is 5.11 Å². The van der Waals surface area contributed by atoms with Crippen molar-refractivity contribution >= 4 is 5.97 Å². The first kappa shape index (κ1) is 20.7. The van der Waals surface area contributed by atoms with E-state index in [1.807, 2.05) is 0 Å². The molecular weight excluding hydrogens is 272 g/mol. The van der Waals surface area contributed by atoms with Gasteiger partial charge in [-0.15, -0.1) is 0 Å². The second-order valence-corrected chi connectivity index (χ2v) is 5.69. The Bertz CT molecular complexity index is 327. The molecule has 0 fully saturated rings. The van der Waals surface area contributed by atoms with Crippen molar-refractivity contribution in [3.63, 3.8) is 0 Å². The summed E-state index contributed by atoms with van der Waals surface area (Å²) in [7, 11) is 0. The summed E-state index contributed by atoms with van der Waals surface area (Å²) >= 11 is 0.